The number of rotatable bonds is 4. The summed E-state index contributed by atoms with van der Waals surface area (Å²) in [6.45, 7) is 5.34. The van der Waals surface area contributed by atoms with Crippen LogP contribution in [0.3, 0.4) is 0 Å². The maximum Gasteiger partial charge on any atom is 0.165 e. The molecule has 0 unspecified atom stereocenters. The van der Waals surface area contributed by atoms with E-state index in [-0.39, 0.29) is 5.82 Å². The molecule has 0 saturated heterocycles. The summed E-state index contributed by atoms with van der Waals surface area (Å²) in [4.78, 5) is 0. The molecule has 1 aliphatic rings. The molecule has 2 nitrogen and oxygen atoms in total. The lowest BCUT2D eigenvalue weighted by Gasteiger charge is -2.18. The minimum absolute atomic E-state index is 0.288. The van der Waals surface area contributed by atoms with Crippen LogP contribution in [0.25, 0.3) is 0 Å². The third-order valence-electron chi connectivity index (χ3n) is 3.78. The lowest BCUT2D eigenvalue weighted by molar-refractivity contribution is 0.364. The zero-order chi connectivity index (χ0) is 13.2. The SMILES string of the molecule is COc1ccc(CN[C@@H]2CCC(C)(C)C2)cc1F. The number of methoxy groups -OCH3 is 1. The summed E-state index contributed by atoms with van der Waals surface area (Å²) < 4.78 is 18.4. The Bertz CT molecular complexity index is 417. The maximum atomic E-state index is 13.5. The van der Waals surface area contributed by atoms with Crippen molar-refractivity contribution >= 4 is 0 Å². The molecule has 2 rings (SSSR count). The van der Waals surface area contributed by atoms with E-state index in [1.54, 1.807) is 12.1 Å². The molecule has 1 fully saturated rings. The molecule has 0 spiro atoms. The molecule has 1 atom stereocenters. The van der Waals surface area contributed by atoms with Crippen LogP contribution in [0, 0.1) is 11.2 Å². The van der Waals surface area contributed by atoms with Crippen molar-refractivity contribution in [2.24, 2.45) is 5.41 Å². The van der Waals surface area contributed by atoms with Crippen LogP contribution in [0.4, 0.5) is 4.39 Å². The van der Waals surface area contributed by atoms with Crippen molar-refractivity contribution in [3.63, 3.8) is 0 Å². The Morgan fingerprint density at radius 3 is 2.78 bits per heavy atom. The molecule has 0 radical (unpaired) electrons. The smallest absolute Gasteiger partial charge is 0.165 e. The van der Waals surface area contributed by atoms with Crippen molar-refractivity contribution in [1.29, 1.82) is 0 Å². The molecule has 18 heavy (non-hydrogen) atoms. The zero-order valence-electron chi connectivity index (χ0n) is 11.4. The minimum Gasteiger partial charge on any atom is -0.494 e. The van der Waals surface area contributed by atoms with Crippen LogP contribution in [0.2, 0.25) is 0 Å². The van der Waals surface area contributed by atoms with E-state index in [0.717, 1.165) is 12.1 Å². The standard InChI is InChI=1S/C15H22FNO/c1-15(2)7-6-12(9-15)17-10-11-4-5-14(18-3)13(16)8-11/h4-5,8,12,17H,6-7,9-10H2,1-3H3/t12-/m1/s1. The lowest BCUT2D eigenvalue weighted by atomic mass is 9.92. The Balaban J connectivity index is 1.89. The number of benzene rings is 1. The second-order valence-corrected chi connectivity index (χ2v) is 5.95. The van der Waals surface area contributed by atoms with Gasteiger partial charge in [-0.25, -0.2) is 4.39 Å². The van der Waals surface area contributed by atoms with Gasteiger partial charge in [0, 0.05) is 12.6 Å². The van der Waals surface area contributed by atoms with Gasteiger partial charge in [0.25, 0.3) is 0 Å². The predicted octanol–water partition coefficient (Wildman–Crippen LogP) is 3.50. The van der Waals surface area contributed by atoms with Crippen LogP contribution < -0.4 is 10.1 Å². The third-order valence-corrected chi connectivity index (χ3v) is 3.78. The first-order valence-corrected chi connectivity index (χ1v) is 6.56. The Hall–Kier alpha value is -1.09. The average Bonchev–Trinajstić information content (AvgIpc) is 2.66. The topological polar surface area (TPSA) is 21.3 Å². The molecule has 100 valence electrons. The molecular weight excluding hydrogens is 229 g/mol. The Morgan fingerprint density at radius 2 is 2.22 bits per heavy atom. The van der Waals surface area contributed by atoms with Crippen molar-refractivity contribution in [3.05, 3.63) is 29.6 Å². The summed E-state index contributed by atoms with van der Waals surface area (Å²) in [6, 6.07) is 5.71. The van der Waals surface area contributed by atoms with Crippen LogP contribution in [-0.2, 0) is 6.54 Å². The van der Waals surface area contributed by atoms with Gasteiger partial charge in [0.2, 0.25) is 0 Å². The van der Waals surface area contributed by atoms with Crippen LogP contribution in [0.5, 0.6) is 5.75 Å². The summed E-state index contributed by atoms with van der Waals surface area (Å²) in [7, 11) is 1.48. The fourth-order valence-electron chi connectivity index (χ4n) is 2.69. The molecule has 0 bridgehead atoms. The zero-order valence-corrected chi connectivity index (χ0v) is 11.4. The van der Waals surface area contributed by atoms with Crippen LogP contribution >= 0.6 is 0 Å². The van der Waals surface area contributed by atoms with Gasteiger partial charge in [0.15, 0.2) is 11.6 Å². The quantitative estimate of drug-likeness (QED) is 0.884. The summed E-state index contributed by atoms with van der Waals surface area (Å²) in [5.41, 5.74) is 1.42. The van der Waals surface area contributed by atoms with Crippen molar-refractivity contribution in [2.75, 3.05) is 7.11 Å². The third kappa shape index (κ3) is 3.22. The van der Waals surface area contributed by atoms with E-state index < -0.39 is 0 Å². The lowest BCUT2D eigenvalue weighted by Crippen LogP contribution is -2.26. The van der Waals surface area contributed by atoms with Gasteiger partial charge < -0.3 is 10.1 Å². The van der Waals surface area contributed by atoms with E-state index in [2.05, 4.69) is 19.2 Å². The van der Waals surface area contributed by atoms with E-state index >= 15 is 0 Å². The maximum absolute atomic E-state index is 13.5. The Labute approximate surface area is 109 Å². The Morgan fingerprint density at radius 1 is 1.44 bits per heavy atom. The molecule has 1 aliphatic carbocycles. The highest BCUT2D eigenvalue weighted by Crippen LogP contribution is 2.37. The molecule has 1 aromatic rings. The number of hydrogen-bond donors (Lipinski definition) is 1. The molecule has 1 aromatic carbocycles. The normalized spacial score (nSPS) is 22.1. The summed E-state index contributed by atoms with van der Waals surface area (Å²) in [5, 5.41) is 3.51. The van der Waals surface area contributed by atoms with Gasteiger partial charge in [-0.15, -0.1) is 0 Å². The van der Waals surface area contributed by atoms with E-state index in [1.807, 2.05) is 6.07 Å². The number of hydrogen-bond acceptors (Lipinski definition) is 2. The summed E-state index contributed by atoms with van der Waals surface area (Å²) in [6.07, 6.45) is 3.68. The minimum atomic E-state index is -0.288. The molecule has 0 heterocycles. The van der Waals surface area contributed by atoms with Gasteiger partial charge in [0.05, 0.1) is 7.11 Å². The second kappa shape index (κ2) is 5.27. The first-order valence-electron chi connectivity index (χ1n) is 6.56. The van der Waals surface area contributed by atoms with Gasteiger partial charge in [0.1, 0.15) is 0 Å². The molecule has 1 N–H and O–H groups in total. The second-order valence-electron chi connectivity index (χ2n) is 5.95. The number of ether oxygens (including phenoxy) is 1. The predicted molar refractivity (Wildman–Crippen MR) is 71.2 cm³/mol. The van der Waals surface area contributed by atoms with E-state index in [4.69, 9.17) is 4.74 Å². The molecule has 3 heteroatoms. The highest BCUT2D eigenvalue weighted by Gasteiger charge is 2.30. The summed E-state index contributed by atoms with van der Waals surface area (Å²) in [5.74, 6) is 0.0179. The first-order chi connectivity index (χ1) is 8.50. The summed E-state index contributed by atoms with van der Waals surface area (Å²) >= 11 is 0. The van der Waals surface area contributed by atoms with E-state index in [1.165, 1.54) is 26.4 Å². The first kappa shape index (κ1) is 13.3. The van der Waals surface area contributed by atoms with Gasteiger partial charge in [-0.1, -0.05) is 19.9 Å². The molecular formula is C15H22FNO. The van der Waals surface area contributed by atoms with Crippen molar-refractivity contribution in [3.8, 4) is 5.75 Å². The van der Waals surface area contributed by atoms with Gasteiger partial charge in [-0.2, -0.15) is 0 Å². The fourth-order valence-corrected chi connectivity index (χ4v) is 2.69. The number of nitrogens with one attached hydrogen (secondary N) is 1. The highest BCUT2D eigenvalue weighted by molar-refractivity contribution is 5.29. The molecule has 0 aliphatic heterocycles. The van der Waals surface area contributed by atoms with E-state index in [0.29, 0.717) is 17.2 Å². The van der Waals surface area contributed by atoms with Crippen molar-refractivity contribution < 1.29 is 9.13 Å². The van der Waals surface area contributed by atoms with Crippen LogP contribution in [0.1, 0.15) is 38.7 Å². The van der Waals surface area contributed by atoms with Crippen molar-refractivity contribution in [1.82, 2.24) is 5.32 Å². The van der Waals surface area contributed by atoms with Crippen LogP contribution in [-0.4, -0.2) is 13.2 Å². The van der Waals surface area contributed by atoms with Crippen molar-refractivity contribution in [2.45, 2.75) is 45.7 Å². The molecule has 1 saturated carbocycles. The van der Waals surface area contributed by atoms with Gasteiger partial charge in [-0.05, 0) is 42.4 Å². The number of halogens is 1. The van der Waals surface area contributed by atoms with E-state index in [9.17, 15) is 4.39 Å². The average molecular weight is 251 g/mol. The highest BCUT2D eigenvalue weighted by atomic mass is 19.1. The monoisotopic (exact) mass is 251 g/mol. The molecule has 0 aromatic heterocycles. The largest absolute Gasteiger partial charge is 0.494 e. The fraction of sp³-hybridized carbons (Fsp3) is 0.600. The van der Waals surface area contributed by atoms with Gasteiger partial charge in [-0.3, -0.25) is 0 Å². The van der Waals surface area contributed by atoms with Crippen LogP contribution in [0.15, 0.2) is 18.2 Å². The molecule has 0 amide bonds. The van der Waals surface area contributed by atoms with Gasteiger partial charge >= 0.3 is 0 Å². The Kier molecular flexibility index (Phi) is 3.91.